The number of dihydropyridines is 1. The fourth-order valence-electron chi connectivity index (χ4n) is 4.04. The van der Waals surface area contributed by atoms with E-state index in [9.17, 15) is 14.4 Å². The Morgan fingerprint density at radius 1 is 1.10 bits per heavy atom. The monoisotopic (exact) mass is 433 g/mol. The Kier molecular flexibility index (Phi) is 5.03. The van der Waals surface area contributed by atoms with Gasteiger partial charge in [0.05, 0.1) is 0 Å². The second kappa shape index (κ2) is 7.99. The molecule has 0 aliphatic carbocycles. The molecule has 3 aliphatic heterocycles. The third kappa shape index (κ3) is 3.61. The van der Waals surface area contributed by atoms with E-state index >= 15 is 0 Å². The average Bonchev–Trinajstić information content (AvgIpc) is 3.30. The molecular weight excluding hydrogens is 414 g/mol. The van der Waals surface area contributed by atoms with Gasteiger partial charge in [0.15, 0.2) is 0 Å². The molecule has 3 aliphatic rings. The summed E-state index contributed by atoms with van der Waals surface area (Å²) in [7, 11) is 0. The first-order chi connectivity index (χ1) is 15.1. The summed E-state index contributed by atoms with van der Waals surface area (Å²) in [6.45, 7) is 0.905. The largest absolute Gasteiger partial charge is 0.352 e. The van der Waals surface area contributed by atoms with Crippen molar-refractivity contribution in [1.82, 2.24) is 14.8 Å². The number of benzene rings is 1. The zero-order valence-corrected chi connectivity index (χ0v) is 17.4. The number of nitrogens with zero attached hydrogens (tertiary/aromatic N) is 5. The standard InChI is InChI=1S/C22H19N5O3S/c28-20-16-7-4-10-23-18(16)25-22(30)27(20)15-8-11-26(12-9-15)21(29)17-13-31-19(24-17)14-5-2-1-3-6-14/h1-7,10,13,15-16H,8-9,11-12H2. The van der Waals surface area contributed by atoms with E-state index < -0.39 is 11.9 Å². The number of amidine groups is 1. The molecule has 156 valence electrons. The van der Waals surface area contributed by atoms with E-state index in [1.807, 2.05) is 30.3 Å². The summed E-state index contributed by atoms with van der Waals surface area (Å²) in [5.74, 6) is -0.772. The fourth-order valence-corrected chi connectivity index (χ4v) is 4.84. The smallest absolute Gasteiger partial charge is 0.337 e. The van der Waals surface area contributed by atoms with Gasteiger partial charge in [-0.25, -0.2) is 14.8 Å². The van der Waals surface area contributed by atoms with Crippen molar-refractivity contribution >= 4 is 41.2 Å². The van der Waals surface area contributed by atoms with E-state index in [4.69, 9.17) is 0 Å². The average molecular weight is 433 g/mol. The molecule has 31 heavy (non-hydrogen) atoms. The lowest BCUT2D eigenvalue weighted by molar-refractivity contribution is -0.131. The van der Waals surface area contributed by atoms with Crippen LogP contribution in [0.2, 0.25) is 0 Å². The van der Waals surface area contributed by atoms with Crippen LogP contribution < -0.4 is 0 Å². The number of hydrogen-bond donors (Lipinski definition) is 0. The van der Waals surface area contributed by atoms with Crippen molar-refractivity contribution in [2.45, 2.75) is 18.9 Å². The van der Waals surface area contributed by atoms with E-state index in [2.05, 4.69) is 15.0 Å². The lowest BCUT2D eigenvalue weighted by Gasteiger charge is -2.38. The number of thiazole rings is 1. The second-order valence-corrected chi connectivity index (χ2v) is 8.39. The Labute approximate surface area is 182 Å². The van der Waals surface area contributed by atoms with Gasteiger partial charge >= 0.3 is 6.03 Å². The highest BCUT2D eigenvalue weighted by molar-refractivity contribution is 7.13. The van der Waals surface area contributed by atoms with E-state index in [1.165, 1.54) is 22.5 Å². The molecule has 4 heterocycles. The third-order valence-electron chi connectivity index (χ3n) is 5.66. The molecule has 9 heteroatoms. The van der Waals surface area contributed by atoms with Gasteiger partial charge in [-0.05, 0) is 18.9 Å². The zero-order chi connectivity index (χ0) is 21.4. The number of fused-ring (bicyclic) bond motifs is 1. The van der Waals surface area contributed by atoms with Gasteiger partial charge in [0.2, 0.25) is 5.91 Å². The Bertz CT molecular complexity index is 1130. The summed E-state index contributed by atoms with van der Waals surface area (Å²) in [6.07, 6.45) is 5.96. The van der Waals surface area contributed by atoms with E-state index in [1.54, 1.807) is 22.4 Å². The van der Waals surface area contributed by atoms with Gasteiger partial charge in [-0.1, -0.05) is 36.4 Å². The summed E-state index contributed by atoms with van der Waals surface area (Å²) in [5, 5.41) is 2.58. The number of carbonyl (C=O) groups excluding carboxylic acids is 3. The Morgan fingerprint density at radius 3 is 2.65 bits per heavy atom. The van der Waals surface area contributed by atoms with Crippen molar-refractivity contribution in [2.75, 3.05) is 13.1 Å². The van der Waals surface area contributed by atoms with Crippen molar-refractivity contribution in [3.05, 3.63) is 53.6 Å². The molecule has 0 saturated carbocycles. The predicted octanol–water partition coefficient (Wildman–Crippen LogP) is 3.03. The summed E-state index contributed by atoms with van der Waals surface area (Å²) in [6, 6.07) is 8.90. The van der Waals surface area contributed by atoms with Crippen molar-refractivity contribution in [2.24, 2.45) is 15.9 Å². The molecule has 1 aromatic heterocycles. The molecule has 1 saturated heterocycles. The molecule has 5 rings (SSSR count). The highest BCUT2D eigenvalue weighted by Gasteiger charge is 2.41. The second-order valence-electron chi connectivity index (χ2n) is 7.53. The summed E-state index contributed by atoms with van der Waals surface area (Å²) in [4.78, 5) is 53.7. The fraction of sp³-hybridized carbons (Fsp3) is 0.273. The van der Waals surface area contributed by atoms with Crippen LogP contribution in [-0.2, 0) is 4.79 Å². The number of hydrogen-bond acceptors (Lipinski definition) is 6. The van der Waals surface area contributed by atoms with Crippen LogP contribution in [0.1, 0.15) is 23.3 Å². The lowest BCUT2D eigenvalue weighted by Crippen LogP contribution is -2.54. The molecule has 1 atom stereocenters. The van der Waals surface area contributed by atoms with E-state index in [0.717, 1.165) is 10.6 Å². The maximum atomic E-state index is 12.9. The van der Waals surface area contributed by atoms with Gasteiger partial charge in [0.25, 0.3) is 5.91 Å². The van der Waals surface area contributed by atoms with Crippen LogP contribution in [0.4, 0.5) is 4.79 Å². The van der Waals surface area contributed by atoms with Crippen molar-refractivity contribution < 1.29 is 14.4 Å². The first-order valence-corrected chi connectivity index (χ1v) is 11.0. The van der Waals surface area contributed by atoms with Crippen molar-refractivity contribution in [3.8, 4) is 10.6 Å². The first kappa shape index (κ1) is 19.5. The summed E-state index contributed by atoms with van der Waals surface area (Å²) >= 11 is 1.44. The highest BCUT2D eigenvalue weighted by Crippen LogP contribution is 2.27. The number of aromatic nitrogens is 1. The molecule has 4 amide bonds. The van der Waals surface area contributed by atoms with Crippen LogP contribution in [0.3, 0.4) is 0 Å². The van der Waals surface area contributed by atoms with Crippen molar-refractivity contribution in [1.29, 1.82) is 0 Å². The molecule has 2 aromatic rings. The minimum absolute atomic E-state index is 0.127. The molecule has 1 unspecified atom stereocenters. The predicted molar refractivity (Wildman–Crippen MR) is 117 cm³/mol. The number of carbonyl (C=O) groups is 3. The molecule has 0 radical (unpaired) electrons. The minimum atomic E-state index is -0.603. The van der Waals surface area contributed by atoms with Crippen LogP contribution in [0.15, 0.2) is 57.8 Å². The van der Waals surface area contributed by atoms with Gasteiger partial charge < -0.3 is 4.90 Å². The van der Waals surface area contributed by atoms with Gasteiger partial charge in [-0.2, -0.15) is 4.99 Å². The number of urea groups is 1. The minimum Gasteiger partial charge on any atom is -0.337 e. The van der Waals surface area contributed by atoms with Gasteiger partial charge in [-0.3, -0.25) is 14.5 Å². The van der Waals surface area contributed by atoms with Gasteiger partial charge in [0.1, 0.15) is 22.5 Å². The van der Waals surface area contributed by atoms with Gasteiger partial charge in [0, 0.05) is 36.3 Å². The number of imide groups is 1. The number of amides is 4. The van der Waals surface area contributed by atoms with Crippen LogP contribution in [0, 0.1) is 5.92 Å². The molecule has 1 aromatic carbocycles. The van der Waals surface area contributed by atoms with Crippen LogP contribution in [-0.4, -0.2) is 63.8 Å². The summed E-state index contributed by atoms with van der Waals surface area (Å²) < 4.78 is 0. The number of allylic oxidation sites excluding steroid dienone is 1. The maximum Gasteiger partial charge on any atom is 0.352 e. The Balaban J connectivity index is 1.25. The lowest BCUT2D eigenvalue weighted by atomic mass is 9.97. The van der Waals surface area contributed by atoms with E-state index in [0.29, 0.717) is 31.6 Å². The molecule has 0 N–H and O–H groups in total. The van der Waals surface area contributed by atoms with Crippen LogP contribution in [0.25, 0.3) is 10.6 Å². The first-order valence-electron chi connectivity index (χ1n) is 10.1. The number of piperidine rings is 1. The number of likely N-dealkylation sites (tertiary alicyclic amines) is 1. The van der Waals surface area contributed by atoms with E-state index in [-0.39, 0.29) is 23.7 Å². The SMILES string of the molecule is O=C(c1csc(-c2ccccc2)n1)N1CCC(N2C(=O)N=C3N=CC=CC3C2=O)CC1. The molecule has 8 nitrogen and oxygen atoms in total. The molecule has 0 spiro atoms. The summed E-state index contributed by atoms with van der Waals surface area (Å²) in [5.41, 5.74) is 1.40. The Morgan fingerprint density at radius 2 is 1.87 bits per heavy atom. The highest BCUT2D eigenvalue weighted by atomic mass is 32.1. The van der Waals surface area contributed by atoms with Gasteiger partial charge in [-0.15, -0.1) is 11.3 Å². The topological polar surface area (TPSA) is 95.3 Å². The maximum absolute atomic E-state index is 12.9. The molecule has 0 bridgehead atoms. The third-order valence-corrected chi connectivity index (χ3v) is 6.55. The quantitative estimate of drug-likeness (QED) is 0.743. The zero-order valence-electron chi connectivity index (χ0n) is 16.5. The normalized spacial score (nSPS) is 21.3. The Hall–Kier alpha value is -3.46. The van der Waals surface area contributed by atoms with Crippen LogP contribution in [0.5, 0.6) is 0 Å². The number of aliphatic imine (C=N–C) groups is 2. The van der Waals surface area contributed by atoms with Crippen molar-refractivity contribution in [3.63, 3.8) is 0 Å². The molecular formula is C22H19N5O3S. The molecule has 1 fully saturated rings. The number of rotatable bonds is 3. The van der Waals surface area contributed by atoms with Crippen LogP contribution >= 0.6 is 11.3 Å².